The molecule has 3 rings (SSSR count). The Labute approximate surface area is 153 Å². The molecule has 6 nitrogen and oxygen atoms in total. The van der Waals surface area contributed by atoms with Crippen LogP contribution in [0.4, 0.5) is 0 Å². The van der Waals surface area contributed by atoms with Gasteiger partial charge in [0.15, 0.2) is 0 Å². The summed E-state index contributed by atoms with van der Waals surface area (Å²) in [5.74, 6) is 0.328. The van der Waals surface area contributed by atoms with Gasteiger partial charge in [-0.2, -0.15) is 4.31 Å². The Kier molecular flexibility index (Phi) is 6.35. The van der Waals surface area contributed by atoms with Gasteiger partial charge in [0.25, 0.3) is 0 Å². The molecule has 1 saturated heterocycles. The largest absolute Gasteiger partial charge is 0.353 e. The first kappa shape index (κ1) is 18.7. The van der Waals surface area contributed by atoms with Crippen LogP contribution in [0, 0.1) is 0 Å². The van der Waals surface area contributed by atoms with Crippen molar-refractivity contribution in [2.45, 2.75) is 60.9 Å². The van der Waals surface area contributed by atoms with Crippen molar-refractivity contribution in [3.63, 3.8) is 0 Å². The van der Waals surface area contributed by atoms with Gasteiger partial charge in [0.05, 0.1) is 10.8 Å². The van der Waals surface area contributed by atoms with Crippen molar-refractivity contribution in [3.05, 3.63) is 18.3 Å². The summed E-state index contributed by atoms with van der Waals surface area (Å²) in [6, 6.07) is 3.58. The van der Waals surface area contributed by atoms with Gasteiger partial charge >= 0.3 is 0 Å². The number of thioether (sulfide) groups is 1. The molecule has 0 atom stereocenters. The minimum absolute atomic E-state index is 0.0208. The fourth-order valence-electron chi connectivity index (χ4n) is 3.34. The van der Waals surface area contributed by atoms with Gasteiger partial charge < -0.3 is 5.32 Å². The van der Waals surface area contributed by atoms with E-state index < -0.39 is 10.0 Å². The van der Waals surface area contributed by atoms with Crippen LogP contribution in [0.1, 0.15) is 44.9 Å². The number of pyridine rings is 1. The Morgan fingerprint density at radius 2 is 1.88 bits per heavy atom. The maximum Gasteiger partial charge on any atom is 0.244 e. The van der Waals surface area contributed by atoms with E-state index in [-0.39, 0.29) is 10.8 Å². The van der Waals surface area contributed by atoms with Gasteiger partial charge in [-0.15, -0.1) is 0 Å². The monoisotopic (exact) mass is 383 g/mol. The van der Waals surface area contributed by atoms with E-state index in [0.717, 1.165) is 25.7 Å². The number of nitrogens with one attached hydrogen (secondary N) is 1. The lowest BCUT2D eigenvalue weighted by molar-refractivity contribution is -0.119. The van der Waals surface area contributed by atoms with E-state index in [0.29, 0.717) is 29.9 Å². The molecule has 1 aliphatic heterocycles. The third kappa shape index (κ3) is 4.95. The number of carbonyl (C=O) groups excluding carboxylic acids is 1. The highest BCUT2D eigenvalue weighted by Crippen LogP contribution is 2.23. The maximum absolute atomic E-state index is 12.4. The van der Waals surface area contributed by atoms with Crippen LogP contribution >= 0.6 is 11.8 Å². The van der Waals surface area contributed by atoms with E-state index in [1.165, 1.54) is 41.5 Å². The summed E-state index contributed by atoms with van der Waals surface area (Å²) in [7, 11) is -3.42. The number of nitrogens with zero attached hydrogens (tertiary/aromatic N) is 2. The molecule has 1 aromatic heterocycles. The fraction of sp³-hybridized carbons (Fsp3) is 0.647. The van der Waals surface area contributed by atoms with E-state index >= 15 is 0 Å². The van der Waals surface area contributed by atoms with Crippen LogP contribution in [0.15, 0.2) is 28.3 Å². The molecule has 0 radical (unpaired) electrons. The Morgan fingerprint density at radius 3 is 2.52 bits per heavy atom. The van der Waals surface area contributed by atoms with E-state index in [9.17, 15) is 13.2 Å². The molecule has 0 unspecified atom stereocenters. The summed E-state index contributed by atoms with van der Waals surface area (Å²) in [6.07, 6.45) is 8.99. The van der Waals surface area contributed by atoms with E-state index in [4.69, 9.17) is 0 Å². The van der Waals surface area contributed by atoms with Gasteiger partial charge in [-0.3, -0.25) is 4.79 Å². The van der Waals surface area contributed by atoms with Gasteiger partial charge in [-0.1, -0.05) is 31.0 Å². The summed E-state index contributed by atoms with van der Waals surface area (Å²) in [5, 5.41) is 3.74. The first-order valence-electron chi connectivity index (χ1n) is 8.94. The molecule has 1 aliphatic carbocycles. The molecule has 1 N–H and O–H groups in total. The second kappa shape index (κ2) is 8.51. The van der Waals surface area contributed by atoms with Crippen molar-refractivity contribution < 1.29 is 13.2 Å². The Balaban J connectivity index is 1.51. The van der Waals surface area contributed by atoms with Crippen LogP contribution in [-0.4, -0.2) is 48.5 Å². The lowest BCUT2D eigenvalue weighted by atomic mass is 9.95. The zero-order chi connectivity index (χ0) is 17.7. The molecule has 2 heterocycles. The average molecular weight is 384 g/mol. The van der Waals surface area contributed by atoms with Crippen LogP contribution in [-0.2, 0) is 14.8 Å². The van der Waals surface area contributed by atoms with Crippen molar-refractivity contribution in [2.24, 2.45) is 0 Å². The van der Waals surface area contributed by atoms with Gasteiger partial charge in [0, 0.05) is 25.3 Å². The number of rotatable bonds is 6. The third-order valence-corrected chi connectivity index (χ3v) is 7.56. The van der Waals surface area contributed by atoms with E-state index in [1.54, 1.807) is 12.1 Å². The highest BCUT2D eigenvalue weighted by molar-refractivity contribution is 7.99. The van der Waals surface area contributed by atoms with Gasteiger partial charge in [0.2, 0.25) is 15.9 Å². The lowest BCUT2D eigenvalue weighted by Gasteiger charge is -2.22. The fourth-order valence-corrected chi connectivity index (χ4v) is 5.45. The number of sulfonamides is 1. The molecule has 2 aliphatic rings. The molecule has 138 valence electrons. The molecule has 0 spiro atoms. The van der Waals surface area contributed by atoms with Crippen molar-refractivity contribution in [3.8, 4) is 0 Å². The molecule has 25 heavy (non-hydrogen) atoms. The van der Waals surface area contributed by atoms with Crippen LogP contribution in [0.3, 0.4) is 0 Å². The molecule has 1 amide bonds. The predicted molar refractivity (Wildman–Crippen MR) is 98.0 cm³/mol. The first-order chi connectivity index (χ1) is 12.1. The van der Waals surface area contributed by atoms with Crippen LogP contribution in [0.5, 0.6) is 0 Å². The smallest absolute Gasteiger partial charge is 0.244 e. The molecule has 0 aromatic carbocycles. The molecule has 1 aromatic rings. The predicted octanol–water partition coefficient (Wildman–Crippen LogP) is 2.41. The Hall–Kier alpha value is -1.12. The topological polar surface area (TPSA) is 79.4 Å². The summed E-state index contributed by atoms with van der Waals surface area (Å²) >= 11 is 1.34. The SMILES string of the molecule is O=C(CSc1ccc(S(=O)(=O)N2CCCC2)cn1)NC1CCCCC1. The van der Waals surface area contributed by atoms with Gasteiger partial charge in [0.1, 0.15) is 4.90 Å². The van der Waals surface area contributed by atoms with E-state index in [1.807, 2.05) is 0 Å². The van der Waals surface area contributed by atoms with Crippen molar-refractivity contribution in [2.75, 3.05) is 18.8 Å². The van der Waals surface area contributed by atoms with Crippen molar-refractivity contribution in [1.29, 1.82) is 0 Å². The van der Waals surface area contributed by atoms with Crippen molar-refractivity contribution in [1.82, 2.24) is 14.6 Å². The average Bonchev–Trinajstić information content (AvgIpc) is 3.17. The Bertz CT molecular complexity index is 680. The van der Waals surface area contributed by atoms with Crippen molar-refractivity contribution >= 4 is 27.7 Å². The zero-order valence-corrected chi connectivity index (χ0v) is 15.9. The highest BCUT2D eigenvalue weighted by Gasteiger charge is 2.27. The number of aromatic nitrogens is 1. The number of hydrogen-bond donors (Lipinski definition) is 1. The lowest BCUT2D eigenvalue weighted by Crippen LogP contribution is -2.37. The van der Waals surface area contributed by atoms with Crippen LogP contribution in [0.2, 0.25) is 0 Å². The molecule has 1 saturated carbocycles. The zero-order valence-electron chi connectivity index (χ0n) is 14.3. The molecule has 0 bridgehead atoms. The molecular weight excluding hydrogens is 358 g/mol. The summed E-state index contributed by atoms with van der Waals surface area (Å²) in [4.78, 5) is 16.5. The summed E-state index contributed by atoms with van der Waals surface area (Å²) in [6.45, 7) is 1.17. The second-order valence-electron chi connectivity index (χ2n) is 6.63. The van der Waals surface area contributed by atoms with Gasteiger partial charge in [-0.25, -0.2) is 13.4 Å². The maximum atomic E-state index is 12.4. The van der Waals surface area contributed by atoms with Crippen LogP contribution < -0.4 is 5.32 Å². The third-order valence-electron chi connectivity index (χ3n) is 4.73. The number of carbonyl (C=O) groups is 1. The second-order valence-corrected chi connectivity index (χ2v) is 9.57. The summed E-state index contributed by atoms with van der Waals surface area (Å²) in [5.41, 5.74) is 0. The molecule has 2 fully saturated rings. The minimum atomic E-state index is -3.42. The highest BCUT2D eigenvalue weighted by atomic mass is 32.2. The number of amides is 1. The van der Waals surface area contributed by atoms with Gasteiger partial charge in [-0.05, 0) is 37.8 Å². The van der Waals surface area contributed by atoms with E-state index in [2.05, 4.69) is 10.3 Å². The Morgan fingerprint density at radius 1 is 1.16 bits per heavy atom. The molecular formula is C17H25N3O3S2. The standard InChI is InChI=1S/C17H25N3O3S2/c21-16(19-14-6-2-1-3-7-14)13-24-17-9-8-15(12-18-17)25(22,23)20-10-4-5-11-20/h8-9,12,14H,1-7,10-11,13H2,(H,19,21). The normalized spacial score (nSPS) is 19.8. The quantitative estimate of drug-likeness (QED) is 0.763. The first-order valence-corrected chi connectivity index (χ1v) is 11.4. The number of hydrogen-bond acceptors (Lipinski definition) is 5. The summed E-state index contributed by atoms with van der Waals surface area (Å²) < 4.78 is 26.4. The van der Waals surface area contributed by atoms with Crippen LogP contribution in [0.25, 0.3) is 0 Å². The molecule has 8 heteroatoms. The minimum Gasteiger partial charge on any atom is -0.353 e.